The van der Waals surface area contributed by atoms with E-state index >= 15 is 0 Å². The second-order valence-corrected chi connectivity index (χ2v) is 11.5. The first kappa shape index (κ1) is 31.9. The molecule has 7 nitrogen and oxygen atoms in total. The highest BCUT2D eigenvalue weighted by atomic mass is 16.6. The molecule has 0 radical (unpaired) electrons. The van der Waals surface area contributed by atoms with Crippen LogP contribution in [0.25, 0.3) is 0 Å². The van der Waals surface area contributed by atoms with Crippen molar-refractivity contribution in [2.45, 2.75) is 105 Å². The topological polar surface area (TPSA) is 87.7 Å². The third-order valence-corrected chi connectivity index (χ3v) is 6.41. The minimum Gasteiger partial charge on any atom is -0.444 e. The number of aryl methyl sites for hydroxylation is 2. The number of alkyl carbamates (subject to hydrolysis) is 1. The SMILES string of the molecule is CCCCCNC(=O)C(c1ccc(C)cc1C)N(C(=O)C(Cc1ccccc1)NC(=O)OC(C)(C)C)C(C)C. The Morgan fingerprint density at radius 1 is 0.974 bits per heavy atom. The summed E-state index contributed by atoms with van der Waals surface area (Å²) in [6, 6.07) is 13.3. The van der Waals surface area contributed by atoms with Gasteiger partial charge < -0.3 is 20.3 Å². The highest BCUT2D eigenvalue weighted by Gasteiger charge is 2.38. The molecule has 2 aromatic carbocycles. The van der Waals surface area contributed by atoms with Gasteiger partial charge in [-0.3, -0.25) is 9.59 Å². The third kappa shape index (κ3) is 10.0. The second kappa shape index (κ2) is 14.7. The number of hydrogen-bond acceptors (Lipinski definition) is 4. The Bertz CT molecular complexity index is 1090. The van der Waals surface area contributed by atoms with Gasteiger partial charge in [0.1, 0.15) is 17.7 Å². The summed E-state index contributed by atoms with van der Waals surface area (Å²) in [5.74, 6) is -0.566. The monoisotopic (exact) mass is 537 g/mol. The molecule has 0 spiro atoms. The van der Waals surface area contributed by atoms with E-state index in [9.17, 15) is 14.4 Å². The zero-order valence-electron chi connectivity index (χ0n) is 25.0. The standard InChI is InChI=1S/C32H47N3O4/c1-9-10-14-19-33-29(36)28(26-18-17-23(4)20-24(26)5)35(22(2)3)30(37)27(21-25-15-12-11-13-16-25)34-31(38)39-32(6,7)8/h11-13,15-18,20,22,27-28H,9-10,14,19,21H2,1-8H3,(H,33,36)(H,34,38). The molecule has 0 aliphatic carbocycles. The number of ether oxygens (including phenoxy) is 1. The Hall–Kier alpha value is -3.35. The van der Waals surface area contributed by atoms with Crippen molar-refractivity contribution in [1.29, 1.82) is 0 Å². The number of rotatable bonds is 12. The lowest BCUT2D eigenvalue weighted by Crippen LogP contribution is -2.55. The van der Waals surface area contributed by atoms with Crippen LogP contribution in [0.1, 0.15) is 89.1 Å². The smallest absolute Gasteiger partial charge is 0.408 e. The lowest BCUT2D eigenvalue weighted by atomic mass is 9.94. The number of carbonyl (C=O) groups is 3. The van der Waals surface area contributed by atoms with Crippen molar-refractivity contribution in [3.05, 3.63) is 70.8 Å². The third-order valence-electron chi connectivity index (χ3n) is 6.41. The quantitative estimate of drug-likeness (QED) is 0.324. The Morgan fingerprint density at radius 2 is 1.64 bits per heavy atom. The fraction of sp³-hybridized carbons (Fsp3) is 0.531. The van der Waals surface area contributed by atoms with Crippen molar-refractivity contribution in [3.63, 3.8) is 0 Å². The lowest BCUT2D eigenvalue weighted by molar-refractivity contribution is -0.144. The van der Waals surface area contributed by atoms with Gasteiger partial charge in [0.05, 0.1) is 0 Å². The van der Waals surface area contributed by atoms with Gasteiger partial charge in [-0.1, -0.05) is 73.9 Å². The van der Waals surface area contributed by atoms with Crippen LogP contribution in [0.15, 0.2) is 48.5 Å². The molecule has 0 saturated heterocycles. The first-order valence-corrected chi connectivity index (χ1v) is 14.0. The van der Waals surface area contributed by atoms with Gasteiger partial charge in [-0.15, -0.1) is 0 Å². The Kier molecular flexibility index (Phi) is 12.0. The summed E-state index contributed by atoms with van der Waals surface area (Å²) < 4.78 is 5.50. The molecule has 7 heteroatoms. The van der Waals surface area contributed by atoms with Gasteiger partial charge in [0.2, 0.25) is 11.8 Å². The maximum Gasteiger partial charge on any atom is 0.408 e. The predicted molar refractivity (Wildman–Crippen MR) is 156 cm³/mol. The van der Waals surface area contributed by atoms with Crippen molar-refractivity contribution in [3.8, 4) is 0 Å². The van der Waals surface area contributed by atoms with Crippen molar-refractivity contribution >= 4 is 17.9 Å². The molecule has 2 aromatic rings. The van der Waals surface area contributed by atoms with E-state index in [0.717, 1.165) is 41.5 Å². The Balaban J connectivity index is 2.52. The molecule has 2 unspecified atom stereocenters. The summed E-state index contributed by atoms with van der Waals surface area (Å²) in [5, 5.41) is 5.87. The van der Waals surface area contributed by atoms with E-state index in [1.54, 1.807) is 25.7 Å². The minimum atomic E-state index is -0.925. The highest BCUT2D eigenvalue weighted by Crippen LogP contribution is 2.28. The fourth-order valence-electron chi connectivity index (χ4n) is 4.59. The predicted octanol–water partition coefficient (Wildman–Crippen LogP) is 6.02. The van der Waals surface area contributed by atoms with E-state index in [4.69, 9.17) is 4.74 Å². The van der Waals surface area contributed by atoms with Crippen molar-refractivity contribution in [2.75, 3.05) is 6.54 Å². The van der Waals surface area contributed by atoms with Gasteiger partial charge in [-0.2, -0.15) is 0 Å². The van der Waals surface area contributed by atoms with Crippen molar-refractivity contribution in [2.24, 2.45) is 0 Å². The number of unbranched alkanes of at least 4 members (excludes halogenated alkanes) is 2. The molecule has 214 valence electrons. The number of amides is 3. The molecular formula is C32H47N3O4. The number of nitrogens with zero attached hydrogens (tertiary/aromatic N) is 1. The molecule has 0 aliphatic rings. The van der Waals surface area contributed by atoms with Crippen LogP contribution in [-0.4, -0.2) is 47.0 Å². The maximum atomic E-state index is 14.3. The van der Waals surface area contributed by atoms with E-state index < -0.39 is 23.8 Å². The minimum absolute atomic E-state index is 0.226. The molecule has 2 N–H and O–H groups in total. The van der Waals surface area contributed by atoms with Crippen LogP contribution in [0.2, 0.25) is 0 Å². The summed E-state index contributed by atoms with van der Waals surface area (Å²) in [4.78, 5) is 42.6. The maximum absolute atomic E-state index is 14.3. The number of nitrogens with one attached hydrogen (secondary N) is 2. The summed E-state index contributed by atoms with van der Waals surface area (Å²) in [6.45, 7) is 15.7. The number of hydrogen-bond donors (Lipinski definition) is 2. The molecule has 0 aliphatic heterocycles. The number of carbonyl (C=O) groups excluding carboxylic acids is 3. The summed E-state index contributed by atoms with van der Waals surface area (Å²) >= 11 is 0. The van der Waals surface area contributed by atoms with E-state index in [0.29, 0.717) is 6.54 Å². The molecule has 0 aromatic heterocycles. The van der Waals surface area contributed by atoms with Crippen LogP contribution in [0.3, 0.4) is 0 Å². The van der Waals surface area contributed by atoms with E-state index in [2.05, 4.69) is 17.6 Å². The van der Waals surface area contributed by atoms with Crippen LogP contribution in [0, 0.1) is 13.8 Å². The van der Waals surface area contributed by atoms with Crippen LogP contribution in [0.5, 0.6) is 0 Å². The summed E-state index contributed by atoms with van der Waals surface area (Å²) in [6.07, 6.45) is 2.52. The van der Waals surface area contributed by atoms with Gasteiger partial charge in [0.15, 0.2) is 0 Å². The zero-order valence-corrected chi connectivity index (χ0v) is 25.0. The van der Waals surface area contributed by atoms with Crippen LogP contribution in [0.4, 0.5) is 4.79 Å². The summed E-state index contributed by atoms with van der Waals surface area (Å²) in [5.41, 5.74) is 2.95. The molecule has 2 rings (SSSR count). The Labute approximate surface area is 234 Å². The van der Waals surface area contributed by atoms with Gasteiger partial charge >= 0.3 is 6.09 Å². The van der Waals surface area contributed by atoms with Crippen molar-refractivity contribution < 1.29 is 19.1 Å². The summed E-state index contributed by atoms with van der Waals surface area (Å²) in [7, 11) is 0. The van der Waals surface area contributed by atoms with Crippen LogP contribution < -0.4 is 10.6 Å². The average Bonchev–Trinajstić information content (AvgIpc) is 2.84. The van der Waals surface area contributed by atoms with Crippen molar-refractivity contribution in [1.82, 2.24) is 15.5 Å². The van der Waals surface area contributed by atoms with Crippen LogP contribution >= 0.6 is 0 Å². The van der Waals surface area contributed by atoms with E-state index in [-0.39, 0.29) is 24.3 Å². The fourth-order valence-corrected chi connectivity index (χ4v) is 4.59. The largest absolute Gasteiger partial charge is 0.444 e. The number of benzene rings is 2. The highest BCUT2D eigenvalue weighted by molar-refractivity contribution is 5.92. The molecule has 39 heavy (non-hydrogen) atoms. The Morgan fingerprint density at radius 3 is 2.21 bits per heavy atom. The van der Waals surface area contributed by atoms with E-state index in [1.165, 1.54) is 0 Å². The second-order valence-electron chi connectivity index (χ2n) is 11.5. The van der Waals surface area contributed by atoms with Gasteiger partial charge in [0.25, 0.3) is 0 Å². The first-order chi connectivity index (χ1) is 18.3. The van der Waals surface area contributed by atoms with E-state index in [1.807, 2.05) is 76.2 Å². The normalized spacial score (nSPS) is 12.9. The lowest BCUT2D eigenvalue weighted by Gasteiger charge is -2.38. The molecular weight excluding hydrogens is 490 g/mol. The van der Waals surface area contributed by atoms with Gasteiger partial charge in [-0.25, -0.2) is 4.79 Å². The molecule has 0 heterocycles. The molecule has 3 amide bonds. The van der Waals surface area contributed by atoms with Crippen LogP contribution in [-0.2, 0) is 20.7 Å². The molecule has 0 saturated carbocycles. The average molecular weight is 538 g/mol. The van der Waals surface area contributed by atoms with Gasteiger partial charge in [-0.05, 0) is 71.6 Å². The molecule has 2 atom stereocenters. The van der Waals surface area contributed by atoms with Gasteiger partial charge in [0, 0.05) is 19.0 Å². The first-order valence-electron chi connectivity index (χ1n) is 14.0. The molecule has 0 fully saturated rings. The zero-order chi connectivity index (χ0) is 29.2. The molecule has 0 bridgehead atoms.